The summed E-state index contributed by atoms with van der Waals surface area (Å²) in [5, 5.41) is 3.94. The van der Waals surface area contributed by atoms with Crippen molar-refractivity contribution in [1.29, 1.82) is 0 Å². The summed E-state index contributed by atoms with van der Waals surface area (Å²) in [5.74, 6) is 0.770. The van der Waals surface area contributed by atoms with Crippen molar-refractivity contribution in [2.75, 3.05) is 41.3 Å². The summed E-state index contributed by atoms with van der Waals surface area (Å²) in [5.41, 5.74) is 4.60. The number of nitrogens with zero attached hydrogens (tertiary/aromatic N) is 6. The molecule has 1 saturated heterocycles. The van der Waals surface area contributed by atoms with Crippen molar-refractivity contribution in [3.05, 3.63) is 82.4 Å². The average molecular weight is 550 g/mol. The van der Waals surface area contributed by atoms with Crippen LogP contribution >= 0.6 is 0 Å². The zero-order valence-corrected chi connectivity index (χ0v) is 23.6. The Labute approximate surface area is 239 Å². The third-order valence-electron chi connectivity index (χ3n) is 8.38. The minimum absolute atomic E-state index is 0.0378. The second-order valence-corrected chi connectivity index (χ2v) is 10.9. The average Bonchev–Trinajstić information content (AvgIpc) is 3.52. The van der Waals surface area contributed by atoms with Gasteiger partial charge in [0.1, 0.15) is 11.5 Å². The maximum absolute atomic E-state index is 13.5. The number of benzene rings is 1. The SMILES string of the molecule is C=Cc1ccc(N2CCN(c3ccc(Nc4ncc5c(C)c(C(C)=O)c(=O)n(C6CCCC6)c5n4)nc3)CC2)cc1. The first-order valence-corrected chi connectivity index (χ1v) is 14.3. The summed E-state index contributed by atoms with van der Waals surface area (Å²) in [4.78, 5) is 44.5. The molecule has 0 amide bonds. The number of hydrogen-bond donors (Lipinski definition) is 1. The number of Topliss-reactive ketones (excluding diaryl/α,β-unsaturated/α-hetero) is 1. The van der Waals surface area contributed by atoms with Gasteiger partial charge in [-0.3, -0.25) is 14.2 Å². The molecule has 9 nitrogen and oxygen atoms in total. The van der Waals surface area contributed by atoms with Gasteiger partial charge in [-0.15, -0.1) is 0 Å². The highest BCUT2D eigenvalue weighted by molar-refractivity contribution is 5.99. The third kappa shape index (κ3) is 5.19. The number of aromatic nitrogens is 4. The van der Waals surface area contributed by atoms with E-state index in [0.717, 1.165) is 68.5 Å². The van der Waals surface area contributed by atoms with Crippen LogP contribution in [0.3, 0.4) is 0 Å². The summed E-state index contributed by atoms with van der Waals surface area (Å²) in [7, 11) is 0. The predicted octanol–water partition coefficient (Wildman–Crippen LogP) is 5.53. The lowest BCUT2D eigenvalue weighted by Crippen LogP contribution is -2.46. The van der Waals surface area contributed by atoms with Crippen molar-refractivity contribution in [3.63, 3.8) is 0 Å². The van der Waals surface area contributed by atoms with Crippen LogP contribution < -0.4 is 20.7 Å². The predicted molar refractivity (Wildman–Crippen MR) is 165 cm³/mol. The Hall–Kier alpha value is -4.53. The molecule has 41 heavy (non-hydrogen) atoms. The Morgan fingerprint density at radius 1 is 0.951 bits per heavy atom. The molecule has 4 heterocycles. The number of aryl methyl sites for hydroxylation is 1. The second kappa shape index (κ2) is 11.2. The van der Waals surface area contributed by atoms with Gasteiger partial charge in [-0.05, 0) is 62.1 Å². The maximum atomic E-state index is 13.5. The van der Waals surface area contributed by atoms with Crippen LogP contribution in [0.2, 0.25) is 0 Å². The van der Waals surface area contributed by atoms with Gasteiger partial charge in [0.25, 0.3) is 5.56 Å². The van der Waals surface area contributed by atoms with Gasteiger partial charge in [0.05, 0.1) is 17.4 Å². The fourth-order valence-electron chi connectivity index (χ4n) is 6.11. The number of piperazine rings is 1. The van der Waals surface area contributed by atoms with E-state index in [9.17, 15) is 9.59 Å². The first kappa shape index (κ1) is 26.7. The zero-order chi connectivity index (χ0) is 28.5. The number of hydrogen-bond acceptors (Lipinski definition) is 8. The van der Waals surface area contributed by atoms with Crippen LogP contribution in [0.25, 0.3) is 17.1 Å². The molecule has 0 spiro atoms. The second-order valence-electron chi connectivity index (χ2n) is 10.9. The van der Waals surface area contributed by atoms with Gasteiger partial charge >= 0.3 is 0 Å². The number of carbonyl (C=O) groups excluding carboxylic acids is 1. The lowest BCUT2D eigenvalue weighted by Gasteiger charge is -2.37. The van der Waals surface area contributed by atoms with Gasteiger partial charge in [0.2, 0.25) is 5.95 Å². The van der Waals surface area contributed by atoms with Gasteiger partial charge < -0.3 is 15.1 Å². The number of pyridine rings is 2. The fourth-order valence-corrected chi connectivity index (χ4v) is 6.11. The molecule has 0 radical (unpaired) electrons. The van der Waals surface area contributed by atoms with Gasteiger partial charge in [-0.1, -0.05) is 37.6 Å². The molecule has 1 aromatic carbocycles. The van der Waals surface area contributed by atoms with Crippen LogP contribution in [0.15, 0.2) is 60.2 Å². The van der Waals surface area contributed by atoms with E-state index in [1.807, 2.05) is 18.3 Å². The van der Waals surface area contributed by atoms with E-state index in [0.29, 0.717) is 23.0 Å². The third-order valence-corrected chi connectivity index (χ3v) is 8.38. The van der Waals surface area contributed by atoms with Gasteiger partial charge in [-0.25, -0.2) is 9.97 Å². The van der Waals surface area contributed by atoms with E-state index in [2.05, 4.69) is 62.0 Å². The van der Waals surface area contributed by atoms with E-state index >= 15 is 0 Å². The molecule has 2 fully saturated rings. The van der Waals surface area contributed by atoms with Crippen molar-refractivity contribution in [3.8, 4) is 0 Å². The van der Waals surface area contributed by atoms with Crippen molar-refractivity contribution in [2.24, 2.45) is 0 Å². The summed E-state index contributed by atoms with van der Waals surface area (Å²) < 4.78 is 1.73. The van der Waals surface area contributed by atoms with Crippen LogP contribution in [-0.2, 0) is 0 Å². The number of fused-ring (bicyclic) bond motifs is 1. The Bertz CT molecular complexity index is 1650. The summed E-state index contributed by atoms with van der Waals surface area (Å²) >= 11 is 0. The van der Waals surface area contributed by atoms with E-state index in [1.165, 1.54) is 12.6 Å². The summed E-state index contributed by atoms with van der Waals surface area (Å²) in [6, 6.07) is 12.5. The van der Waals surface area contributed by atoms with E-state index in [1.54, 1.807) is 17.7 Å². The van der Waals surface area contributed by atoms with Crippen molar-refractivity contribution < 1.29 is 4.79 Å². The lowest BCUT2D eigenvalue weighted by molar-refractivity contribution is 0.101. The van der Waals surface area contributed by atoms with Crippen LogP contribution in [0.4, 0.5) is 23.1 Å². The molecule has 2 aliphatic rings. The van der Waals surface area contributed by atoms with Crippen LogP contribution in [0.1, 0.15) is 60.1 Å². The Morgan fingerprint density at radius 3 is 2.22 bits per heavy atom. The first-order chi connectivity index (χ1) is 19.9. The number of ketones is 1. The standard InChI is InChI=1S/C32H35N7O2/c1-4-23-9-11-24(12-10-23)37-15-17-38(18-16-37)26-13-14-28(33-19-26)35-32-34-20-27-21(2)29(22(3)40)31(41)39(30(27)36-32)25-7-5-6-8-25/h4,9-14,19-20,25H,1,5-8,15-18H2,2-3H3,(H,33,34,35,36). The number of nitrogens with one attached hydrogen (secondary N) is 1. The topological polar surface area (TPSA) is 96.2 Å². The highest BCUT2D eigenvalue weighted by Crippen LogP contribution is 2.32. The van der Waals surface area contributed by atoms with Crippen LogP contribution in [0, 0.1) is 6.92 Å². The molecule has 1 aliphatic carbocycles. The molecule has 6 rings (SSSR count). The largest absolute Gasteiger partial charge is 0.368 e. The molecule has 0 unspecified atom stereocenters. The normalized spacial score (nSPS) is 15.9. The quantitative estimate of drug-likeness (QED) is 0.301. The fraction of sp³-hybridized carbons (Fsp3) is 0.344. The van der Waals surface area contributed by atoms with Crippen LogP contribution in [0.5, 0.6) is 0 Å². The minimum Gasteiger partial charge on any atom is -0.368 e. The first-order valence-electron chi connectivity index (χ1n) is 14.3. The maximum Gasteiger partial charge on any atom is 0.263 e. The molecule has 0 bridgehead atoms. The molecule has 0 atom stereocenters. The Balaban J connectivity index is 1.19. The lowest BCUT2D eigenvalue weighted by atomic mass is 10.0. The molecular formula is C32H35N7O2. The monoisotopic (exact) mass is 549 g/mol. The molecule has 1 aliphatic heterocycles. The molecule has 1 N–H and O–H groups in total. The van der Waals surface area contributed by atoms with Crippen molar-refractivity contribution >= 4 is 46.0 Å². The van der Waals surface area contributed by atoms with Gasteiger partial charge in [-0.2, -0.15) is 4.98 Å². The van der Waals surface area contributed by atoms with E-state index in [-0.39, 0.29) is 22.9 Å². The van der Waals surface area contributed by atoms with Crippen molar-refractivity contribution in [1.82, 2.24) is 19.5 Å². The Morgan fingerprint density at radius 2 is 1.61 bits per heavy atom. The molecule has 1 saturated carbocycles. The highest BCUT2D eigenvalue weighted by atomic mass is 16.1. The van der Waals surface area contributed by atoms with Gasteiger partial charge in [0.15, 0.2) is 5.78 Å². The van der Waals surface area contributed by atoms with E-state index in [4.69, 9.17) is 4.98 Å². The van der Waals surface area contributed by atoms with E-state index < -0.39 is 0 Å². The molecule has 210 valence electrons. The molecule has 4 aromatic rings. The van der Waals surface area contributed by atoms with Crippen LogP contribution in [-0.4, -0.2) is 51.5 Å². The summed E-state index contributed by atoms with van der Waals surface area (Å²) in [6.07, 6.45) is 9.37. The minimum atomic E-state index is -0.254. The highest BCUT2D eigenvalue weighted by Gasteiger charge is 2.26. The Kier molecular flexibility index (Phi) is 7.26. The summed E-state index contributed by atoms with van der Waals surface area (Å²) in [6.45, 7) is 10.8. The molecule has 3 aromatic heterocycles. The zero-order valence-electron chi connectivity index (χ0n) is 23.6. The number of rotatable bonds is 7. The number of carbonyl (C=O) groups is 1. The number of anilines is 4. The molecular weight excluding hydrogens is 514 g/mol. The van der Waals surface area contributed by atoms with Gasteiger partial charge in [0, 0.05) is 49.5 Å². The molecule has 9 heteroatoms. The van der Waals surface area contributed by atoms with Crippen molar-refractivity contribution in [2.45, 2.75) is 45.6 Å². The smallest absolute Gasteiger partial charge is 0.263 e.